The number of primary amides is 1. The number of fused-ring (bicyclic) bond motifs is 1. The number of piperazine rings is 1. The average Bonchev–Trinajstić information content (AvgIpc) is 3.34. The van der Waals surface area contributed by atoms with Crippen molar-refractivity contribution >= 4 is 45.0 Å². The van der Waals surface area contributed by atoms with E-state index in [1.807, 2.05) is 29.2 Å². The Balaban J connectivity index is 1.31. The number of nitrogens with zero attached hydrogens (tertiary/aromatic N) is 2. The van der Waals surface area contributed by atoms with Gasteiger partial charge in [0.1, 0.15) is 10.6 Å². The molecule has 2 aromatic heterocycles. The Labute approximate surface area is 170 Å². The summed E-state index contributed by atoms with van der Waals surface area (Å²) in [6.07, 6.45) is 0. The van der Waals surface area contributed by atoms with Crippen LogP contribution < -0.4 is 11.1 Å². The molecule has 0 unspecified atom stereocenters. The van der Waals surface area contributed by atoms with Gasteiger partial charge in [0.25, 0.3) is 11.8 Å². The Kier molecular flexibility index (Phi) is 5.32. The third-order valence-electron chi connectivity index (χ3n) is 4.85. The number of thiophene rings is 1. The molecule has 8 nitrogen and oxygen atoms in total. The number of hydrogen-bond donors (Lipinski definition) is 2. The molecule has 3 heterocycles. The molecule has 0 saturated carbocycles. The molecule has 0 aliphatic carbocycles. The lowest BCUT2D eigenvalue weighted by molar-refractivity contribution is -0.117. The van der Waals surface area contributed by atoms with E-state index in [0.717, 1.165) is 5.39 Å². The molecule has 1 aliphatic heterocycles. The molecule has 1 fully saturated rings. The van der Waals surface area contributed by atoms with Gasteiger partial charge in [-0.25, -0.2) is 0 Å². The van der Waals surface area contributed by atoms with Crippen molar-refractivity contribution in [3.8, 4) is 0 Å². The fourth-order valence-corrected chi connectivity index (χ4v) is 4.13. The smallest absolute Gasteiger partial charge is 0.289 e. The second-order valence-electron chi connectivity index (χ2n) is 6.79. The first kappa shape index (κ1) is 19.2. The molecular weight excluding hydrogens is 392 g/mol. The summed E-state index contributed by atoms with van der Waals surface area (Å²) in [6.45, 7) is 2.35. The number of hydrogen-bond acceptors (Lipinski definition) is 6. The molecule has 0 spiro atoms. The van der Waals surface area contributed by atoms with Crippen molar-refractivity contribution in [2.24, 2.45) is 5.73 Å². The van der Waals surface area contributed by atoms with Crippen LogP contribution in [0.25, 0.3) is 11.0 Å². The van der Waals surface area contributed by atoms with Gasteiger partial charge in [-0.3, -0.25) is 19.3 Å². The van der Waals surface area contributed by atoms with Crippen molar-refractivity contribution in [1.82, 2.24) is 9.80 Å². The van der Waals surface area contributed by atoms with E-state index in [-0.39, 0.29) is 18.4 Å². The maximum atomic E-state index is 12.7. The van der Waals surface area contributed by atoms with Gasteiger partial charge in [0, 0.05) is 31.6 Å². The van der Waals surface area contributed by atoms with Crippen molar-refractivity contribution in [2.45, 2.75) is 0 Å². The predicted molar refractivity (Wildman–Crippen MR) is 110 cm³/mol. The normalized spacial score (nSPS) is 14.8. The maximum absolute atomic E-state index is 12.7. The summed E-state index contributed by atoms with van der Waals surface area (Å²) in [5, 5.41) is 5.80. The van der Waals surface area contributed by atoms with Crippen LogP contribution in [-0.4, -0.2) is 60.2 Å². The number of carbonyl (C=O) groups is 3. The van der Waals surface area contributed by atoms with Gasteiger partial charge in [0.15, 0.2) is 5.76 Å². The topological polar surface area (TPSA) is 109 Å². The number of rotatable bonds is 5. The van der Waals surface area contributed by atoms with Crippen LogP contribution >= 0.6 is 11.3 Å². The molecule has 29 heavy (non-hydrogen) atoms. The lowest BCUT2D eigenvalue weighted by Crippen LogP contribution is -2.50. The highest BCUT2D eigenvalue weighted by Crippen LogP contribution is 2.23. The zero-order valence-electron chi connectivity index (χ0n) is 15.6. The van der Waals surface area contributed by atoms with Gasteiger partial charge in [0.2, 0.25) is 5.91 Å². The lowest BCUT2D eigenvalue weighted by Gasteiger charge is -2.33. The zero-order valence-corrected chi connectivity index (χ0v) is 16.4. The number of amides is 3. The van der Waals surface area contributed by atoms with E-state index in [2.05, 4.69) is 5.32 Å². The Morgan fingerprint density at radius 1 is 1.10 bits per heavy atom. The fraction of sp³-hybridized carbons (Fsp3) is 0.250. The van der Waals surface area contributed by atoms with Crippen LogP contribution in [0.2, 0.25) is 0 Å². The Bertz CT molecular complexity index is 1030. The molecule has 3 amide bonds. The first-order valence-electron chi connectivity index (χ1n) is 9.18. The number of nitrogens with one attached hydrogen (secondary N) is 1. The molecule has 4 rings (SSSR count). The zero-order chi connectivity index (χ0) is 20.4. The minimum Gasteiger partial charge on any atom is -0.451 e. The quantitative estimate of drug-likeness (QED) is 0.666. The number of anilines is 1. The second kappa shape index (κ2) is 8.06. The third-order valence-corrected chi connectivity index (χ3v) is 5.68. The first-order chi connectivity index (χ1) is 14.0. The van der Waals surface area contributed by atoms with Gasteiger partial charge < -0.3 is 20.4 Å². The van der Waals surface area contributed by atoms with Crippen LogP contribution in [0.15, 0.2) is 46.2 Å². The number of nitrogens with two attached hydrogens (primary N) is 1. The summed E-state index contributed by atoms with van der Waals surface area (Å²) >= 11 is 1.26. The molecule has 150 valence electrons. The number of furan rings is 1. The highest BCUT2D eigenvalue weighted by molar-refractivity contribution is 7.14. The molecule has 0 atom stereocenters. The number of para-hydroxylation sites is 1. The summed E-state index contributed by atoms with van der Waals surface area (Å²) in [5.74, 6) is -0.602. The summed E-state index contributed by atoms with van der Waals surface area (Å²) in [5.41, 5.74) is 6.30. The van der Waals surface area contributed by atoms with Crippen LogP contribution in [0.5, 0.6) is 0 Å². The van der Waals surface area contributed by atoms with E-state index in [1.54, 1.807) is 22.4 Å². The van der Waals surface area contributed by atoms with Gasteiger partial charge in [-0.2, -0.15) is 0 Å². The Morgan fingerprint density at radius 3 is 2.59 bits per heavy atom. The maximum Gasteiger partial charge on any atom is 0.289 e. The number of benzene rings is 1. The molecule has 9 heteroatoms. The minimum absolute atomic E-state index is 0.144. The molecule has 3 N–H and O–H groups in total. The van der Waals surface area contributed by atoms with Crippen molar-refractivity contribution in [3.05, 3.63) is 53.1 Å². The minimum atomic E-state index is -0.570. The molecule has 0 radical (unpaired) electrons. The van der Waals surface area contributed by atoms with Gasteiger partial charge >= 0.3 is 0 Å². The largest absolute Gasteiger partial charge is 0.451 e. The molecule has 0 bridgehead atoms. The van der Waals surface area contributed by atoms with E-state index in [9.17, 15) is 14.4 Å². The summed E-state index contributed by atoms with van der Waals surface area (Å²) < 4.78 is 5.66. The SMILES string of the molecule is NC(=O)c1ccsc1NC(=O)CN1CCN(C(=O)c2cc3ccccc3o2)CC1. The van der Waals surface area contributed by atoms with Gasteiger partial charge in [0.05, 0.1) is 12.1 Å². The lowest BCUT2D eigenvalue weighted by atomic mass is 10.2. The van der Waals surface area contributed by atoms with E-state index < -0.39 is 5.91 Å². The van der Waals surface area contributed by atoms with Gasteiger partial charge in [-0.1, -0.05) is 18.2 Å². The molecule has 3 aromatic rings. The van der Waals surface area contributed by atoms with Crippen LogP contribution in [0.3, 0.4) is 0 Å². The van der Waals surface area contributed by atoms with Crippen molar-refractivity contribution in [2.75, 3.05) is 38.0 Å². The standard InChI is InChI=1S/C20H20N4O4S/c21-18(26)14-5-10-29-19(14)22-17(25)12-23-6-8-24(9-7-23)20(27)16-11-13-3-1-2-4-15(13)28-16/h1-5,10-11H,6-9,12H2,(H2,21,26)(H,22,25). The molecule has 1 aliphatic rings. The highest BCUT2D eigenvalue weighted by atomic mass is 32.1. The third kappa shape index (κ3) is 4.15. The molecule has 1 aromatic carbocycles. The molecule has 1 saturated heterocycles. The summed E-state index contributed by atoms with van der Waals surface area (Å²) in [4.78, 5) is 40.0. The first-order valence-corrected chi connectivity index (χ1v) is 10.1. The van der Waals surface area contributed by atoms with Crippen molar-refractivity contribution in [3.63, 3.8) is 0 Å². The summed E-state index contributed by atoms with van der Waals surface area (Å²) in [7, 11) is 0. The summed E-state index contributed by atoms with van der Waals surface area (Å²) in [6, 6.07) is 10.9. The average molecular weight is 412 g/mol. The van der Waals surface area contributed by atoms with Crippen LogP contribution in [-0.2, 0) is 4.79 Å². The van der Waals surface area contributed by atoms with E-state index >= 15 is 0 Å². The van der Waals surface area contributed by atoms with Gasteiger partial charge in [-0.15, -0.1) is 11.3 Å². The monoisotopic (exact) mass is 412 g/mol. The Morgan fingerprint density at radius 2 is 1.86 bits per heavy atom. The van der Waals surface area contributed by atoms with Crippen LogP contribution in [0.1, 0.15) is 20.9 Å². The Hall–Kier alpha value is -3.17. The van der Waals surface area contributed by atoms with E-state index in [1.165, 1.54) is 11.3 Å². The number of carbonyl (C=O) groups excluding carboxylic acids is 3. The van der Waals surface area contributed by atoms with Crippen LogP contribution in [0, 0.1) is 0 Å². The second-order valence-corrected chi connectivity index (χ2v) is 7.71. The molecular formula is C20H20N4O4S. The fourth-order valence-electron chi connectivity index (χ4n) is 3.32. The highest BCUT2D eigenvalue weighted by Gasteiger charge is 2.25. The van der Waals surface area contributed by atoms with E-state index in [0.29, 0.717) is 48.1 Å². The van der Waals surface area contributed by atoms with Crippen LogP contribution in [0.4, 0.5) is 5.00 Å². The predicted octanol–water partition coefficient (Wildman–Crippen LogP) is 1.99. The van der Waals surface area contributed by atoms with E-state index in [4.69, 9.17) is 10.2 Å². The van der Waals surface area contributed by atoms with Crippen molar-refractivity contribution < 1.29 is 18.8 Å². The van der Waals surface area contributed by atoms with Gasteiger partial charge in [-0.05, 0) is 23.6 Å². The van der Waals surface area contributed by atoms with Crippen molar-refractivity contribution in [1.29, 1.82) is 0 Å².